The van der Waals surface area contributed by atoms with Crippen LogP contribution in [-0.4, -0.2) is 11.1 Å². The molecule has 1 N–H and O–H groups in total. The van der Waals surface area contributed by atoms with Crippen LogP contribution >= 0.6 is 0 Å². The zero-order chi connectivity index (χ0) is 14.7. The molecule has 2 aromatic rings. The van der Waals surface area contributed by atoms with Gasteiger partial charge in [-0.2, -0.15) is 4.39 Å². The van der Waals surface area contributed by atoms with Crippen LogP contribution in [0.3, 0.4) is 0 Å². The van der Waals surface area contributed by atoms with Gasteiger partial charge in [0.05, 0.1) is 0 Å². The molecule has 0 fully saturated rings. The molecular formula is C14H9F3O3. The molecule has 2 rings (SSSR count). The number of halogens is 3. The van der Waals surface area contributed by atoms with E-state index in [4.69, 9.17) is 9.84 Å². The number of carbonyl (C=O) groups is 1. The Balaban J connectivity index is 2.29. The summed E-state index contributed by atoms with van der Waals surface area (Å²) >= 11 is 0. The third kappa shape index (κ3) is 2.74. The monoisotopic (exact) mass is 282 g/mol. The molecule has 0 heterocycles. The van der Waals surface area contributed by atoms with E-state index >= 15 is 0 Å². The van der Waals surface area contributed by atoms with Crippen molar-refractivity contribution >= 4 is 5.97 Å². The minimum atomic E-state index is -1.75. The van der Waals surface area contributed by atoms with Crippen molar-refractivity contribution in [3.63, 3.8) is 0 Å². The van der Waals surface area contributed by atoms with Crippen molar-refractivity contribution in [2.75, 3.05) is 0 Å². The van der Waals surface area contributed by atoms with E-state index in [2.05, 4.69) is 0 Å². The molecule has 0 aliphatic rings. The average Bonchev–Trinajstić information content (AvgIpc) is 2.43. The standard InChI is InChI=1S/C14H9F3O3/c15-10-6-9(14(18)19)11(16)12(17)13(10)20-7-8-4-2-1-3-5-8/h1-6H,7H2,(H,18,19). The summed E-state index contributed by atoms with van der Waals surface area (Å²) in [6.07, 6.45) is 0. The molecule has 20 heavy (non-hydrogen) atoms. The Kier molecular flexibility index (Phi) is 3.93. The molecule has 3 nitrogen and oxygen atoms in total. The predicted molar refractivity (Wildman–Crippen MR) is 64.0 cm³/mol. The first-order valence-electron chi connectivity index (χ1n) is 5.58. The lowest BCUT2D eigenvalue weighted by molar-refractivity contribution is 0.0689. The fourth-order valence-electron chi connectivity index (χ4n) is 1.60. The Labute approximate surface area is 112 Å². The first-order chi connectivity index (χ1) is 9.50. The summed E-state index contributed by atoms with van der Waals surface area (Å²) in [7, 11) is 0. The second kappa shape index (κ2) is 5.64. The summed E-state index contributed by atoms with van der Waals surface area (Å²) in [6, 6.07) is 8.89. The molecule has 0 radical (unpaired) electrons. The molecule has 2 aromatic carbocycles. The van der Waals surface area contributed by atoms with Crippen molar-refractivity contribution in [3.05, 3.63) is 65.0 Å². The van der Waals surface area contributed by atoms with E-state index in [0.717, 1.165) is 0 Å². The molecule has 0 aromatic heterocycles. The molecule has 104 valence electrons. The van der Waals surface area contributed by atoms with Gasteiger partial charge in [0, 0.05) is 0 Å². The highest BCUT2D eigenvalue weighted by Gasteiger charge is 2.23. The Morgan fingerprint density at radius 3 is 2.35 bits per heavy atom. The van der Waals surface area contributed by atoms with Crippen molar-refractivity contribution in [3.8, 4) is 5.75 Å². The lowest BCUT2D eigenvalue weighted by Crippen LogP contribution is -2.08. The van der Waals surface area contributed by atoms with Crippen LogP contribution in [0.4, 0.5) is 13.2 Å². The molecule has 0 saturated carbocycles. The molecule has 0 atom stereocenters. The van der Waals surface area contributed by atoms with Crippen molar-refractivity contribution in [2.24, 2.45) is 0 Å². The third-order valence-electron chi connectivity index (χ3n) is 2.57. The van der Waals surface area contributed by atoms with Crippen LogP contribution in [0.25, 0.3) is 0 Å². The van der Waals surface area contributed by atoms with Crippen LogP contribution in [0, 0.1) is 17.5 Å². The van der Waals surface area contributed by atoms with Gasteiger partial charge in [-0.1, -0.05) is 30.3 Å². The lowest BCUT2D eigenvalue weighted by atomic mass is 10.2. The number of rotatable bonds is 4. The summed E-state index contributed by atoms with van der Waals surface area (Å²) in [4.78, 5) is 10.6. The smallest absolute Gasteiger partial charge is 0.338 e. The molecular weight excluding hydrogens is 273 g/mol. The summed E-state index contributed by atoms with van der Waals surface area (Å²) in [5.74, 6) is -7.26. The van der Waals surface area contributed by atoms with Gasteiger partial charge in [0.2, 0.25) is 5.82 Å². The minimum Gasteiger partial charge on any atom is -0.483 e. The molecule has 6 heteroatoms. The molecule has 0 aliphatic carbocycles. The Hall–Kier alpha value is -2.50. The van der Waals surface area contributed by atoms with Gasteiger partial charge in [0.15, 0.2) is 17.4 Å². The first-order valence-corrected chi connectivity index (χ1v) is 5.58. The fraction of sp³-hybridized carbons (Fsp3) is 0.0714. The van der Waals surface area contributed by atoms with Gasteiger partial charge < -0.3 is 9.84 Å². The number of ether oxygens (including phenoxy) is 1. The van der Waals surface area contributed by atoms with E-state index in [-0.39, 0.29) is 6.61 Å². The summed E-state index contributed by atoms with van der Waals surface area (Å²) in [5.41, 5.74) is -0.443. The van der Waals surface area contributed by atoms with Crippen molar-refractivity contribution in [1.29, 1.82) is 0 Å². The van der Waals surface area contributed by atoms with Gasteiger partial charge in [0.25, 0.3) is 0 Å². The van der Waals surface area contributed by atoms with Crippen LogP contribution in [0.5, 0.6) is 5.75 Å². The molecule has 0 unspecified atom stereocenters. The number of aromatic carboxylic acids is 1. The second-order valence-electron chi connectivity index (χ2n) is 3.94. The average molecular weight is 282 g/mol. The maximum absolute atomic E-state index is 13.6. The zero-order valence-corrected chi connectivity index (χ0v) is 10.1. The minimum absolute atomic E-state index is 0.166. The Bertz CT molecular complexity index is 642. The highest BCUT2D eigenvalue weighted by Crippen LogP contribution is 2.27. The van der Waals surface area contributed by atoms with E-state index < -0.39 is 34.7 Å². The number of carboxylic acid groups (broad SMARTS) is 1. The number of benzene rings is 2. The fourth-order valence-corrected chi connectivity index (χ4v) is 1.60. The third-order valence-corrected chi connectivity index (χ3v) is 2.57. The van der Waals surface area contributed by atoms with E-state index in [0.29, 0.717) is 11.6 Å². The van der Waals surface area contributed by atoms with Crippen molar-refractivity contribution in [1.82, 2.24) is 0 Å². The van der Waals surface area contributed by atoms with Crippen LogP contribution in [0.15, 0.2) is 36.4 Å². The van der Waals surface area contributed by atoms with E-state index in [1.807, 2.05) is 0 Å². The summed E-state index contributed by atoms with van der Waals surface area (Å²) < 4.78 is 45.4. The van der Waals surface area contributed by atoms with Gasteiger partial charge in [-0.25, -0.2) is 13.6 Å². The van der Waals surface area contributed by atoms with Gasteiger partial charge in [-0.3, -0.25) is 0 Å². The number of hydrogen-bond acceptors (Lipinski definition) is 2. The topological polar surface area (TPSA) is 46.5 Å². The normalized spacial score (nSPS) is 10.3. The van der Waals surface area contributed by atoms with Crippen LogP contribution in [0.2, 0.25) is 0 Å². The summed E-state index contributed by atoms with van der Waals surface area (Å²) in [6.45, 7) is -0.166. The SMILES string of the molecule is O=C(O)c1cc(F)c(OCc2ccccc2)c(F)c1F. The van der Waals surface area contributed by atoms with Crippen LogP contribution in [0.1, 0.15) is 15.9 Å². The zero-order valence-electron chi connectivity index (χ0n) is 10.1. The first kappa shape index (κ1) is 13.9. The second-order valence-corrected chi connectivity index (χ2v) is 3.94. The van der Waals surface area contributed by atoms with Gasteiger partial charge in [-0.15, -0.1) is 0 Å². The maximum Gasteiger partial charge on any atom is 0.338 e. The van der Waals surface area contributed by atoms with E-state index in [1.54, 1.807) is 30.3 Å². The van der Waals surface area contributed by atoms with Crippen molar-refractivity contribution < 1.29 is 27.8 Å². The Morgan fingerprint density at radius 1 is 1.10 bits per heavy atom. The maximum atomic E-state index is 13.6. The molecule has 0 spiro atoms. The quantitative estimate of drug-likeness (QED) is 0.874. The molecule has 0 aliphatic heterocycles. The predicted octanol–water partition coefficient (Wildman–Crippen LogP) is 3.38. The van der Waals surface area contributed by atoms with E-state index in [1.165, 1.54) is 0 Å². The van der Waals surface area contributed by atoms with Crippen LogP contribution in [-0.2, 0) is 6.61 Å². The molecule has 0 bridgehead atoms. The lowest BCUT2D eigenvalue weighted by Gasteiger charge is -2.10. The number of hydrogen-bond donors (Lipinski definition) is 1. The van der Waals surface area contributed by atoms with E-state index in [9.17, 15) is 18.0 Å². The number of carboxylic acids is 1. The molecule has 0 saturated heterocycles. The van der Waals surface area contributed by atoms with Crippen LogP contribution < -0.4 is 4.74 Å². The Morgan fingerprint density at radius 2 is 1.75 bits per heavy atom. The molecule has 0 amide bonds. The van der Waals surface area contributed by atoms with Gasteiger partial charge in [0.1, 0.15) is 12.2 Å². The highest BCUT2D eigenvalue weighted by molar-refractivity contribution is 5.88. The summed E-state index contributed by atoms with van der Waals surface area (Å²) in [5, 5.41) is 8.60. The van der Waals surface area contributed by atoms with Crippen molar-refractivity contribution in [2.45, 2.75) is 6.61 Å². The van der Waals surface area contributed by atoms with Gasteiger partial charge >= 0.3 is 5.97 Å². The van der Waals surface area contributed by atoms with Gasteiger partial charge in [-0.05, 0) is 11.6 Å². The highest BCUT2D eigenvalue weighted by atomic mass is 19.2. The largest absolute Gasteiger partial charge is 0.483 e.